The Morgan fingerprint density at radius 1 is 0.312 bits per heavy atom. The summed E-state index contributed by atoms with van der Waals surface area (Å²) in [5.41, 5.74) is 0. The molecule has 1 atom stereocenters. The van der Waals surface area contributed by atoms with Crippen molar-refractivity contribution < 1.29 is 24.2 Å². The smallest absolute Gasteiger partial charge is 0.306 e. The molecule has 0 aliphatic rings. The molecule has 77 heavy (non-hydrogen) atoms. The monoisotopic (exact) mass is 1070 g/mol. The number of aliphatic hydroxyl groups excluding tert-OH is 1. The van der Waals surface area contributed by atoms with Gasteiger partial charge >= 0.3 is 11.9 Å². The zero-order chi connectivity index (χ0) is 55.5. The van der Waals surface area contributed by atoms with Gasteiger partial charge in [0.2, 0.25) is 0 Å². The fourth-order valence-corrected chi connectivity index (χ4v) is 9.95. The lowest BCUT2D eigenvalue weighted by atomic mass is 10.0. The molecule has 0 fully saturated rings. The van der Waals surface area contributed by atoms with Gasteiger partial charge in [0.25, 0.3) is 0 Å². The molecule has 1 unspecified atom stereocenters. The number of aliphatic hydroxyl groups is 1. The van der Waals surface area contributed by atoms with E-state index in [0.717, 1.165) is 83.5 Å². The Kier molecular flexibility index (Phi) is 64.8. The molecular weight excluding hydrogens is 945 g/mol. The second kappa shape index (κ2) is 67.4. The van der Waals surface area contributed by atoms with Crippen molar-refractivity contribution in [3.8, 4) is 0 Å². The third-order valence-corrected chi connectivity index (χ3v) is 15.0. The van der Waals surface area contributed by atoms with Gasteiger partial charge < -0.3 is 14.6 Å². The van der Waals surface area contributed by atoms with Crippen molar-refractivity contribution in [1.29, 1.82) is 0 Å². The number of hydrogen-bond donors (Lipinski definition) is 1. The second-order valence-corrected chi connectivity index (χ2v) is 22.5. The maximum Gasteiger partial charge on any atom is 0.306 e. The van der Waals surface area contributed by atoms with Crippen molar-refractivity contribution in [2.75, 3.05) is 13.2 Å². The fraction of sp³-hybridized carbons (Fsp3) is 0.778. The van der Waals surface area contributed by atoms with Crippen LogP contribution in [0.25, 0.3) is 0 Å². The number of ether oxygens (including phenoxy) is 2. The van der Waals surface area contributed by atoms with Crippen LogP contribution in [0.5, 0.6) is 0 Å². The van der Waals surface area contributed by atoms with Crippen molar-refractivity contribution in [3.05, 3.63) is 85.1 Å². The molecule has 0 aromatic carbocycles. The molecule has 0 heterocycles. The summed E-state index contributed by atoms with van der Waals surface area (Å²) in [6, 6.07) is 0. The van der Waals surface area contributed by atoms with Crippen LogP contribution in [0.15, 0.2) is 85.1 Å². The van der Waals surface area contributed by atoms with E-state index in [9.17, 15) is 14.7 Å². The van der Waals surface area contributed by atoms with Gasteiger partial charge in [-0.2, -0.15) is 0 Å². The number of allylic oxidation sites excluding steroid dienone is 14. The molecule has 0 spiro atoms. The Labute approximate surface area is 479 Å². The molecule has 5 nitrogen and oxygen atoms in total. The van der Waals surface area contributed by atoms with Crippen LogP contribution in [0.2, 0.25) is 0 Å². The minimum Gasteiger partial charge on any atom is -0.462 e. The van der Waals surface area contributed by atoms with E-state index >= 15 is 0 Å². The Balaban J connectivity index is 3.46. The van der Waals surface area contributed by atoms with E-state index < -0.39 is 6.10 Å². The van der Waals surface area contributed by atoms with E-state index in [1.54, 1.807) is 0 Å². The number of esters is 2. The summed E-state index contributed by atoms with van der Waals surface area (Å²) in [4.78, 5) is 24.6. The zero-order valence-corrected chi connectivity index (χ0v) is 51.2. The standard InChI is InChI=1S/C72H128O5/c1-3-5-7-9-11-13-15-17-19-21-23-25-27-29-31-33-34-35-36-37-38-39-41-43-45-47-49-51-53-55-57-59-61-63-65-67-72(75)77-70(68-73)69-76-71(74)66-64-62-60-58-56-54-52-50-48-46-44-42-40-32-30-28-26-24-22-20-18-16-14-12-10-8-6-4-2/h5,7,11,13,17,19,23,25,29,31,34-35,37-38,70,73H,3-4,6,8-10,12,14-16,18,20-22,24,26-28,30,32-33,36,39-69H2,1-2H3/b7-5-,13-11-,19-17-,25-23-,31-29-,35-34-,38-37-. The molecule has 446 valence electrons. The topological polar surface area (TPSA) is 72.8 Å². The Morgan fingerprint density at radius 3 is 0.844 bits per heavy atom. The van der Waals surface area contributed by atoms with Crippen molar-refractivity contribution >= 4 is 11.9 Å². The first-order chi connectivity index (χ1) is 38.1. The van der Waals surface area contributed by atoms with Gasteiger partial charge in [0.1, 0.15) is 6.61 Å². The third-order valence-electron chi connectivity index (χ3n) is 15.0. The number of carbonyl (C=O) groups excluding carboxylic acids is 2. The summed E-state index contributed by atoms with van der Waals surface area (Å²) >= 11 is 0. The van der Waals surface area contributed by atoms with Crippen molar-refractivity contribution in [1.82, 2.24) is 0 Å². The SMILES string of the molecule is CC/C=C\C/C=C\C/C=C\C/C=C\C/C=C\C/C=C\C/C=C\CCCCCCCCCCCCCCCC(=O)OC(CO)COC(=O)CCCCCCCCCCCCCCCCCCCCCCCCCCCCCC. The predicted octanol–water partition coefficient (Wildman–Crippen LogP) is 23.3. The van der Waals surface area contributed by atoms with Crippen LogP contribution in [0.3, 0.4) is 0 Å². The maximum absolute atomic E-state index is 12.4. The molecule has 1 N–H and O–H groups in total. The summed E-state index contributed by atoms with van der Waals surface area (Å²) in [6.07, 6.45) is 94.6. The van der Waals surface area contributed by atoms with Crippen LogP contribution in [0, 0.1) is 0 Å². The lowest BCUT2D eigenvalue weighted by Gasteiger charge is -2.15. The average molecular weight is 1070 g/mol. The first-order valence-electron chi connectivity index (χ1n) is 33.6. The van der Waals surface area contributed by atoms with E-state index in [-0.39, 0.29) is 25.2 Å². The Morgan fingerprint density at radius 2 is 0.558 bits per heavy atom. The third kappa shape index (κ3) is 65.5. The number of rotatable bonds is 62. The minimum atomic E-state index is -0.776. The maximum atomic E-state index is 12.4. The highest BCUT2D eigenvalue weighted by Gasteiger charge is 2.16. The summed E-state index contributed by atoms with van der Waals surface area (Å²) in [7, 11) is 0. The molecule has 0 aromatic heterocycles. The molecule has 0 rings (SSSR count). The molecule has 0 aliphatic heterocycles. The zero-order valence-electron chi connectivity index (χ0n) is 51.2. The van der Waals surface area contributed by atoms with Crippen LogP contribution in [0.1, 0.15) is 341 Å². The summed E-state index contributed by atoms with van der Waals surface area (Å²) < 4.78 is 10.8. The number of hydrogen-bond acceptors (Lipinski definition) is 5. The van der Waals surface area contributed by atoms with Crippen LogP contribution in [0.4, 0.5) is 0 Å². The van der Waals surface area contributed by atoms with Crippen molar-refractivity contribution in [2.45, 2.75) is 347 Å². The Hall–Kier alpha value is -2.92. The number of unbranched alkanes of at least 4 members (excludes halogenated alkanes) is 40. The van der Waals surface area contributed by atoms with Crippen LogP contribution < -0.4 is 0 Å². The fourth-order valence-electron chi connectivity index (χ4n) is 9.95. The van der Waals surface area contributed by atoms with Gasteiger partial charge in [0, 0.05) is 12.8 Å². The van der Waals surface area contributed by atoms with Gasteiger partial charge in [-0.15, -0.1) is 0 Å². The summed E-state index contributed by atoms with van der Waals surface area (Å²) in [5.74, 6) is -0.577. The van der Waals surface area contributed by atoms with Gasteiger partial charge in [-0.1, -0.05) is 343 Å². The predicted molar refractivity (Wildman–Crippen MR) is 339 cm³/mol. The van der Waals surface area contributed by atoms with E-state index in [4.69, 9.17) is 9.47 Å². The highest BCUT2D eigenvalue weighted by atomic mass is 16.6. The first-order valence-corrected chi connectivity index (χ1v) is 33.6. The van der Waals surface area contributed by atoms with E-state index in [1.165, 1.54) is 231 Å². The molecule has 5 heteroatoms. The van der Waals surface area contributed by atoms with Crippen molar-refractivity contribution in [2.24, 2.45) is 0 Å². The van der Waals surface area contributed by atoms with Gasteiger partial charge in [0.05, 0.1) is 6.61 Å². The summed E-state index contributed by atoms with van der Waals surface area (Å²) in [6.45, 7) is 4.07. The minimum absolute atomic E-state index is 0.0644. The Bertz CT molecular complexity index is 1400. The van der Waals surface area contributed by atoms with Crippen molar-refractivity contribution in [3.63, 3.8) is 0 Å². The van der Waals surface area contributed by atoms with E-state index in [1.807, 2.05) is 0 Å². The molecular formula is C72H128O5. The van der Waals surface area contributed by atoms with Gasteiger partial charge in [0.15, 0.2) is 6.10 Å². The van der Waals surface area contributed by atoms with Crippen LogP contribution in [-0.4, -0.2) is 36.4 Å². The largest absolute Gasteiger partial charge is 0.462 e. The lowest BCUT2D eigenvalue weighted by molar-refractivity contribution is -0.161. The lowest BCUT2D eigenvalue weighted by Crippen LogP contribution is -2.28. The quantitative estimate of drug-likeness (QED) is 0.0373. The average Bonchev–Trinajstić information content (AvgIpc) is 3.43. The van der Waals surface area contributed by atoms with Gasteiger partial charge in [-0.3, -0.25) is 9.59 Å². The highest BCUT2D eigenvalue weighted by Crippen LogP contribution is 2.18. The molecule has 0 aliphatic carbocycles. The first kappa shape index (κ1) is 74.1. The normalized spacial score (nSPS) is 12.7. The molecule has 0 saturated carbocycles. The van der Waals surface area contributed by atoms with E-state index in [0.29, 0.717) is 12.8 Å². The molecule has 0 radical (unpaired) electrons. The van der Waals surface area contributed by atoms with Crippen LogP contribution >= 0.6 is 0 Å². The van der Waals surface area contributed by atoms with Gasteiger partial charge in [-0.25, -0.2) is 0 Å². The highest BCUT2D eigenvalue weighted by molar-refractivity contribution is 5.70. The molecule has 0 amide bonds. The molecule has 0 bridgehead atoms. The second-order valence-electron chi connectivity index (χ2n) is 22.5. The van der Waals surface area contributed by atoms with Gasteiger partial charge in [-0.05, 0) is 70.6 Å². The molecule has 0 aromatic rings. The molecule has 0 saturated heterocycles. The van der Waals surface area contributed by atoms with E-state index in [2.05, 4.69) is 98.9 Å². The van der Waals surface area contributed by atoms with Crippen LogP contribution in [-0.2, 0) is 19.1 Å². The summed E-state index contributed by atoms with van der Waals surface area (Å²) in [5, 5.41) is 9.70. The number of carbonyl (C=O) groups is 2.